The Bertz CT molecular complexity index is 681. The molecule has 2 fully saturated rings. The summed E-state index contributed by atoms with van der Waals surface area (Å²) in [5.74, 6) is 0.272. The van der Waals surface area contributed by atoms with Gasteiger partial charge in [0.15, 0.2) is 0 Å². The molecule has 0 saturated carbocycles. The Morgan fingerprint density at radius 2 is 2.15 bits per heavy atom. The van der Waals surface area contributed by atoms with Crippen molar-refractivity contribution >= 4 is 23.4 Å². The molecule has 3 rings (SSSR count). The highest BCUT2D eigenvalue weighted by Crippen LogP contribution is 2.29. The molecule has 2 aliphatic rings. The number of rotatable bonds is 4. The Morgan fingerprint density at radius 1 is 1.33 bits per heavy atom. The van der Waals surface area contributed by atoms with E-state index < -0.39 is 0 Å². The fourth-order valence-corrected chi connectivity index (χ4v) is 4.28. The summed E-state index contributed by atoms with van der Waals surface area (Å²) in [5.41, 5.74) is 1.06. The molecule has 0 aliphatic carbocycles. The smallest absolute Gasteiger partial charge is 0.228 e. The van der Waals surface area contributed by atoms with Crippen LogP contribution in [-0.2, 0) is 9.59 Å². The second-order valence-electron chi connectivity index (χ2n) is 7.74. The third-order valence-electron chi connectivity index (χ3n) is 5.88. The zero-order chi connectivity index (χ0) is 19.4. The van der Waals surface area contributed by atoms with Gasteiger partial charge in [-0.1, -0.05) is 37.6 Å². The fourth-order valence-electron chi connectivity index (χ4n) is 4.08. The van der Waals surface area contributed by atoms with Gasteiger partial charge in [0.25, 0.3) is 0 Å². The molecule has 2 saturated heterocycles. The standard InChI is InChI=1S/C21H30ClN3O2/c1-3-15(2)20(26)24-10-5-7-17(14-24)21(27)25-11-9-23-13-19(25)16-6-4-8-18(22)12-16/h4,6,8,12,15,17,19,23H,3,5,7,9-11,13-14H2,1-2H3. The molecule has 0 radical (unpaired) electrons. The summed E-state index contributed by atoms with van der Waals surface area (Å²) >= 11 is 6.17. The van der Waals surface area contributed by atoms with Crippen molar-refractivity contribution in [1.29, 1.82) is 0 Å². The molecule has 1 aromatic carbocycles. The summed E-state index contributed by atoms with van der Waals surface area (Å²) < 4.78 is 0. The highest BCUT2D eigenvalue weighted by molar-refractivity contribution is 6.30. The molecular formula is C21H30ClN3O2. The quantitative estimate of drug-likeness (QED) is 0.858. The topological polar surface area (TPSA) is 52.7 Å². The molecule has 1 N–H and O–H groups in total. The van der Waals surface area contributed by atoms with Gasteiger partial charge < -0.3 is 15.1 Å². The first-order chi connectivity index (χ1) is 13.0. The number of nitrogens with zero attached hydrogens (tertiary/aromatic N) is 2. The molecule has 3 unspecified atom stereocenters. The molecule has 2 aliphatic heterocycles. The predicted octanol–water partition coefficient (Wildman–Crippen LogP) is 3.10. The van der Waals surface area contributed by atoms with Crippen LogP contribution in [0.25, 0.3) is 0 Å². The molecule has 27 heavy (non-hydrogen) atoms. The number of benzene rings is 1. The zero-order valence-electron chi connectivity index (χ0n) is 16.3. The Kier molecular flexibility index (Phi) is 6.77. The zero-order valence-corrected chi connectivity index (χ0v) is 17.0. The molecule has 0 spiro atoms. The first-order valence-electron chi connectivity index (χ1n) is 10.1. The van der Waals surface area contributed by atoms with Gasteiger partial charge in [-0.15, -0.1) is 0 Å². The van der Waals surface area contributed by atoms with E-state index in [1.807, 2.05) is 47.9 Å². The summed E-state index contributed by atoms with van der Waals surface area (Å²) in [6.45, 7) is 7.54. The van der Waals surface area contributed by atoms with Crippen molar-refractivity contribution in [2.75, 3.05) is 32.7 Å². The summed E-state index contributed by atoms with van der Waals surface area (Å²) in [4.78, 5) is 29.8. The third-order valence-corrected chi connectivity index (χ3v) is 6.11. The predicted molar refractivity (Wildman–Crippen MR) is 108 cm³/mol. The minimum Gasteiger partial charge on any atom is -0.342 e. The van der Waals surface area contributed by atoms with Gasteiger partial charge in [-0.05, 0) is 37.0 Å². The van der Waals surface area contributed by atoms with Gasteiger partial charge in [-0.25, -0.2) is 0 Å². The van der Waals surface area contributed by atoms with Crippen LogP contribution in [0.15, 0.2) is 24.3 Å². The molecule has 6 heteroatoms. The van der Waals surface area contributed by atoms with E-state index in [4.69, 9.17) is 11.6 Å². The van der Waals surface area contributed by atoms with Crippen molar-refractivity contribution in [3.05, 3.63) is 34.9 Å². The number of hydrogen-bond acceptors (Lipinski definition) is 3. The number of nitrogens with one attached hydrogen (secondary N) is 1. The molecule has 2 heterocycles. The highest BCUT2D eigenvalue weighted by Gasteiger charge is 2.36. The summed E-state index contributed by atoms with van der Waals surface area (Å²) in [6, 6.07) is 7.75. The van der Waals surface area contributed by atoms with Gasteiger partial charge in [0.1, 0.15) is 0 Å². The second-order valence-corrected chi connectivity index (χ2v) is 8.18. The number of carbonyl (C=O) groups excluding carboxylic acids is 2. The Morgan fingerprint density at radius 3 is 2.89 bits per heavy atom. The van der Waals surface area contributed by atoms with E-state index in [0.29, 0.717) is 18.1 Å². The van der Waals surface area contributed by atoms with E-state index in [0.717, 1.165) is 44.5 Å². The first kappa shape index (κ1) is 20.2. The lowest BCUT2D eigenvalue weighted by Crippen LogP contribution is -2.53. The maximum absolute atomic E-state index is 13.4. The maximum atomic E-state index is 13.4. The van der Waals surface area contributed by atoms with Crippen LogP contribution in [0, 0.1) is 11.8 Å². The van der Waals surface area contributed by atoms with Crippen LogP contribution >= 0.6 is 11.6 Å². The number of carbonyl (C=O) groups is 2. The van der Waals surface area contributed by atoms with Crippen molar-refractivity contribution in [3.8, 4) is 0 Å². The van der Waals surface area contributed by atoms with Crippen molar-refractivity contribution < 1.29 is 9.59 Å². The average Bonchev–Trinajstić information content (AvgIpc) is 2.72. The third kappa shape index (κ3) is 4.64. The van der Waals surface area contributed by atoms with E-state index in [1.165, 1.54) is 0 Å². The highest BCUT2D eigenvalue weighted by atomic mass is 35.5. The Hall–Kier alpha value is -1.59. The lowest BCUT2D eigenvalue weighted by Gasteiger charge is -2.41. The normalized spacial score (nSPS) is 24.6. The fraction of sp³-hybridized carbons (Fsp3) is 0.619. The molecule has 0 bridgehead atoms. The van der Waals surface area contributed by atoms with Gasteiger partial charge in [0.05, 0.1) is 12.0 Å². The minimum atomic E-state index is -0.105. The number of piperazine rings is 1. The SMILES string of the molecule is CCC(C)C(=O)N1CCCC(C(=O)N2CCNCC2c2cccc(Cl)c2)C1. The Balaban J connectivity index is 1.73. The van der Waals surface area contributed by atoms with Crippen LogP contribution in [0.1, 0.15) is 44.7 Å². The summed E-state index contributed by atoms with van der Waals surface area (Å²) in [7, 11) is 0. The van der Waals surface area contributed by atoms with Crippen molar-refractivity contribution in [1.82, 2.24) is 15.1 Å². The van der Waals surface area contributed by atoms with E-state index in [1.54, 1.807) is 0 Å². The molecule has 1 aromatic rings. The monoisotopic (exact) mass is 391 g/mol. The molecule has 148 valence electrons. The molecule has 5 nitrogen and oxygen atoms in total. The van der Waals surface area contributed by atoms with Crippen LogP contribution in [0.3, 0.4) is 0 Å². The van der Waals surface area contributed by atoms with Crippen molar-refractivity contribution in [2.45, 2.75) is 39.2 Å². The minimum absolute atomic E-state index is 0.00871. The van der Waals surface area contributed by atoms with Crippen LogP contribution in [0.5, 0.6) is 0 Å². The van der Waals surface area contributed by atoms with Crippen LogP contribution < -0.4 is 5.32 Å². The summed E-state index contributed by atoms with van der Waals surface area (Å²) in [6.07, 6.45) is 2.59. The lowest BCUT2D eigenvalue weighted by atomic mass is 9.93. The lowest BCUT2D eigenvalue weighted by molar-refractivity contribution is -0.144. The van der Waals surface area contributed by atoms with E-state index in [9.17, 15) is 9.59 Å². The number of piperidine rings is 1. The van der Waals surface area contributed by atoms with E-state index >= 15 is 0 Å². The van der Waals surface area contributed by atoms with Crippen LogP contribution in [0.4, 0.5) is 0 Å². The van der Waals surface area contributed by atoms with Gasteiger partial charge in [-0.3, -0.25) is 9.59 Å². The van der Waals surface area contributed by atoms with Gasteiger partial charge in [0.2, 0.25) is 11.8 Å². The first-order valence-corrected chi connectivity index (χ1v) is 10.4. The van der Waals surface area contributed by atoms with E-state index in [2.05, 4.69) is 5.32 Å². The van der Waals surface area contributed by atoms with Crippen LogP contribution in [0.2, 0.25) is 5.02 Å². The number of halogens is 1. The van der Waals surface area contributed by atoms with Crippen LogP contribution in [-0.4, -0.2) is 54.3 Å². The van der Waals surface area contributed by atoms with Gasteiger partial charge in [0, 0.05) is 43.7 Å². The molecule has 2 amide bonds. The average molecular weight is 392 g/mol. The van der Waals surface area contributed by atoms with Gasteiger partial charge >= 0.3 is 0 Å². The Labute approximate surface area is 167 Å². The maximum Gasteiger partial charge on any atom is 0.228 e. The molecule has 3 atom stereocenters. The number of likely N-dealkylation sites (tertiary alicyclic amines) is 1. The number of amides is 2. The second kappa shape index (κ2) is 9.07. The number of hydrogen-bond donors (Lipinski definition) is 1. The largest absolute Gasteiger partial charge is 0.342 e. The van der Waals surface area contributed by atoms with E-state index in [-0.39, 0.29) is 29.7 Å². The summed E-state index contributed by atoms with van der Waals surface area (Å²) in [5, 5.41) is 4.08. The van der Waals surface area contributed by atoms with Crippen molar-refractivity contribution in [2.24, 2.45) is 11.8 Å². The molecular weight excluding hydrogens is 362 g/mol. The molecule has 0 aromatic heterocycles. The van der Waals surface area contributed by atoms with Crippen molar-refractivity contribution in [3.63, 3.8) is 0 Å². The van der Waals surface area contributed by atoms with Gasteiger partial charge in [-0.2, -0.15) is 0 Å².